The smallest absolute Gasteiger partial charge is 0.161 e. The molecule has 3 rings (SSSR count). The lowest BCUT2D eigenvalue weighted by Crippen LogP contribution is -2.22. The van der Waals surface area contributed by atoms with Crippen LogP contribution in [0, 0.1) is 11.3 Å². The van der Waals surface area contributed by atoms with Gasteiger partial charge in [-0.15, -0.1) is 0 Å². The van der Waals surface area contributed by atoms with Crippen LogP contribution in [0.1, 0.15) is 35.6 Å². The van der Waals surface area contributed by atoms with Crippen molar-refractivity contribution in [2.45, 2.75) is 25.4 Å². The number of nitrogens with one attached hydrogen (secondary N) is 1. The standard InChI is InChI=1S/C24H25N3O2/c1-28-22-10-9-19(17-23(22)29-16-6-5-13-25)18-27-24(20-7-3-2-4-8-20)21-11-14-26-15-12-21/h2-4,7-12,14-15,17,24,27H,5-6,16,18H2,1H3. The number of pyridine rings is 1. The van der Waals surface area contributed by atoms with E-state index in [1.807, 2.05) is 60.9 Å². The number of aromatic nitrogens is 1. The fraction of sp³-hybridized carbons (Fsp3) is 0.250. The van der Waals surface area contributed by atoms with Crippen LogP contribution in [0.25, 0.3) is 0 Å². The molecule has 0 saturated carbocycles. The van der Waals surface area contributed by atoms with Crippen molar-refractivity contribution < 1.29 is 9.47 Å². The Balaban J connectivity index is 1.74. The van der Waals surface area contributed by atoms with Crippen LogP contribution in [-0.2, 0) is 6.54 Å². The molecule has 29 heavy (non-hydrogen) atoms. The Morgan fingerprint density at radius 3 is 2.48 bits per heavy atom. The zero-order valence-corrected chi connectivity index (χ0v) is 16.5. The third-order valence-electron chi connectivity index (χ3n) is 4.60. The highest BCUT2D eigenvalue weighted by molar-refractivity contribution is 5.43. The first kappa shape index (κ1) is 20.4. The highest BCUT2D eigenvalue weighted by atomic mass is 16.5. The zero-order valence-electron chi connectivity index (χ0n) is 16.5. The van der Waals surface area contributed by atoms with Crippen molar-refractivity contribution in [3.63, 3.8) is 0 Å². The van der Waals surface area contributed by atoms with Gasteiger partial charge < -0.3 is 14.8 Å². The van der Waals surface area contributed by atoms with E-state index in [1.165, 1.54) is 5.56 Å². The van der Waals surface area contributed by atoms with E-state index in [2.05, 4.69) is 28.5 Å². The number of nitriles is 1. The largest absolute Gasteiger partial charge is 0.493 e. The van der Waals surface area contributed by atoms with Crippen molar-refractivity contribution in [2.24, 2.45) is 0 Å². The number of rotatable bonds is 10. The number of methoxy groups -OCH3 is 1. The highest BCUT2D eigenvalue weighted by Crippen LogP contribution is 2.29. The number of unbranched alkanes of at least 4 members (excludes halogenated alkanes) is 1. The molecule has 0 amide bonds. The lowest BCUT2D eigenvalue weighted by Gasteiger charge is -2.20. The topological polar surface area (TPSA) is 67.2 Å². The van der Waals surface area contributed by atoms with Crippen LogP contribution < -0.4 is 14.8 Å². The number of ether oxygens (including phenoxy) is 2. The molecule has 1 aromatic heterocycles. The average molecular weight is 387 g/mol. The van der Waals surface area contributed by atoms with Crippen LogP contribution in [0.5, 0.6) is 11.5 Å². The molecule has 148 valence electrons. The number of hydrogen-bond acceptors (Lipinski definition) is 5. The van der Waals surface area contributed by atoms with Crippen LogP contribution in [0.4, 0.5) is 0 Å². The first-order valence-electron chi connectivity index (χ1n) is 9.66. The quantitative estimate of drug-likeness (QED) is 0.513. The van der Waals surface area contributed by atoms with E-state index in [4.69, 9.17) is 14.7 Å². The lowest BCUT2D eigenvalue weighted by atomic mass is 9.99. The third kappa shape index (κ3) is 5.81. The van der Waals surface area contributed by atoms with Gasteiger partial charge in [0.25, 0.3) is 0 Å². The van der Waals surface area contributed by atoms with E-state index in [1.54, 1.807) is 7.11 Å². The molecule has 5 heteroatoms. The van der Waals surface area contributed by atoms with Gasteiger partial charge >= 0.3 is 0 Å². The Kier molecular flexibility index (Phi) is 7.62. The summed E-state index contributed by atoms with van der Waals surface area (Å²) in [6.45, 7) is 1.16. The van der Waals surface area contributed by atoms with E-state index in [-0.39, 0.29) is 6.04 Å². The summed E-state index contributed by atoms with van der Waals surface area (Å²) in [5.74, 6) is 1.39. The molecule has 0 aliphatic rings. The van der Waals surface area contributed by atoms with Gasteiger partial charge in [-0.05, 0) is 47.4 Å². The molecule has 0 bridgehead atoms. The second-order valence-electron chi connectivity index (χ2n) is 6.60. The Labute approximate surface area is 171 Å². The fourth-order valence-electron chi connectivity index (χ4n) is 3.13. The van der Waals surface area contributed by atoms with Gasteiger partial charge in [-0.2, -0.15) is 5.26 Å². The van der Waals surface area contributed by atoms with Gasteiger partial charge in [0.1, 0.15) is 0 Å². The molecule has 3 aromatic rings. The summed E-state index contributed by atoms with van der Waals surface area (Å²) in [7, 11) is 1.63. The monoisotopic (exact) mass is 387 g/mol. The summed E-state index contributed by atoms with van der Waals surface area (Å²) in [6.07, 6.45) is 4.80. The molecule has 1 atom stereocenters. The van der Waals surface area contributed by atoms with E-state index in [0.717, 1.165) is 11.1 Å². The Bertz CT molecular complexity index is 884. The number of nitrogens with zero attached hydrogens (tertiary/aromatic N) is 2. The van der Waals surface area contributed by atoms with Crippen LogP contribution in [0.15, 0.2) is 73.1 Å². The Morgan fingerprint density at radius 1 is 1.00 bits per heavy atom. The van der Waals surface area contributed by atoms with Crippen molar-refractivity contribution in [1.29, 1.82) is 5.26 Å². The predicted octanol–water partition coefficient (Wildman–Crippen LogP) is 4.65. The highest BCUT2D eigenvalue weighted by Gasteiger charge is 2.14. The SMILES string of the molecule is COc1ccc(CNC(c2ccccc2)c2ccncc2)cc1OCCCC#N. The van der Waals surface area contributed by atoms with E-state index in [0.29, 0.717) is 37.5 Å². The molecular formula is C24H25N3O2. The minimum Gasteiger partial charge on any atom is -0.493 e. The van der Waals surface area contributed by atoms with Gasteiger partial charge in [0.05, 0.1) is 25.8 Å². The first-order valence-corrected chi connectivity index (χ1v) is 9.66. The molecule has 0 aliphatic heterocycles. The molecule has 5 nitrogen and oxygen atoms in total. The maximum absolute atomic E-state index is 8.68. The average Bonchev–Trinajstić information content (AvgIpc) is 2.78. The summed E-state index contributed by atoms with van der Waals surface area (Å²) in [6, 6.07) is 22.5. The summed E-state index contributed by atoms with van der Waals surface area (Å²) < 4.78 is 11.2. The number of hydrogen-bond donors (Lipinski definition) is 1. The Hall–Kier alpha value is -3.36. The molecule has 0 saturated heterocycles. The minimum atomic E-state index is 0.0568. The normalized spacial score (nSPS) is 11.4. The predicted molar refractivity (Wildman–Crippen MR) is 113 cm³/mol. The maximum Gasteiger partial charge on any atom is 0.161 e. The van der Waals surface area contributed by atoms with Gasteiger partial charge in [0.2, 0.25) is 0 Å². The second-order valence-corrected chi connectivity index (χ2v) is 6.60. The van der Waals surface area contributed by atoms with Crippen LogP contribution >= 0.6 is 0 Å². The van der Waals surface area contributed by atoms with E-state index < -0.39 is 0 Å². The molecule has 2 aromatic carbocycles. The molecule has 1 heterocycles. The molecule has 1 N–H and O–H groups in total. The summed E-state index contributed by atoms with van der Waals surface area (Å²) in [5, 5.41) is 12.3. The van der Waals surface area contributed by atoms with Gasteiger partial charge in [0.15, 0.2) is 11.5 Å². The van der Waals surface area contributed by atoms with Crippen LogP contribution in [0.3, 0.4) is 0 Å². The first-order chi connectivity index (χ1) is 14.3. The summed E-state index contributed by atoms with van der Waals surface area (Å²) in [4.78, 5) is 4.13. The van der Waals surface area contributed by atoms with Gasteiger partial charge in [-0.25, -0.2) is 0 Å². The van der Waals surface area contributed by atoms with Crippen molar-refractivity contribution in [3.8, 4) is 17.6 Å². The molecule has 0 radical (unpaired) electrons. The molecule has 0 fully saturated rings. The minimum absolute atomic E-state index is 0.0568. The summed E-state index contributed by atoms with van der Waals surface area (Å²) in [5.41, 5.74) is 3.45. The van der Waals surface area contributed by atoms with Gasteiger partial charge in [0, 0.05) is 25.4 Å². The van der Waals surface area contributed by atoms with Gasteiger partial charge in [-0.1, -0.05) is 36.4 Å². The fourth-order valence-corrected chi connectivity index (χ4v) is 3.13. The zero-order chi connectivity index (χ0) is 20.3. The maximum atomic E-state index is 8.68. The molecule has 0 aliphatic carbocycles. The van der Waals surface area contributed by atoms with Crippen molar-refractivity contribution >= 4 is 0 Å². The molecule has 0 spiro atoms. The van der Waals surface area contributed by atoms with E-state index in [9.17, 15) is 0 Å². The lowest BCUT2D eigenvalue weighted by molar-refractivity contribution is 0.290. The molecule has 1 unspecified atom stereocenters. The van der Waals surface area contributed by atoms with Crippen molar-refractivity contribution in [2.75, 3.05) is 13.7 Å². The molecular weight excluding hydrogens is 362 g/mol. The second kappa shape index (κ2) is 10.8. The van der Waals surface area contributed by atoms with E-state index >= 15 is 0 Å². The van der Waals surface area contributed by atoms with Gasteiger partial charge in [-0.3, -0.25) is 4.98 Å². The van der Waals surface area contributed by atoms with Crippen molar-refractivity contribution in [3.05, 3.63) is 89.7 Å². The van der Waals surface area contributed by atoms with Crippen molar-refractivity contribution in [1.82, 2.24) is 10.3 Å². The third-order valence-corrected chi connectivity index (χ3v) is 4.60. The summed E-state index contributed by atoms with van der Waals surface area (Å²) >= 11 is 0. The number of benzene rings is 2. The van der Waals surface area contributed by atoms with Crippen LogP contribution in [0.2, 0.25) is 0 Å². The Morgan fingerprint density at radius 2 is 1.76 bits per heavy atom. The van der Waals surface area contributed by atoms with Crippen LogP contribution in [-0.4, -0.2) is 18.7 Å².